The van der Waals surface area contributed by atoms with E-state index in [4.69, 9.17) is 10.9 Å². The molecule has 0 spiro atoms. The maximum absolute atomic E-state index is 13.0. The lowest BCUT2D eigenvalue weighted by molar-refractivity contribution is -0.137. The van der Waals surface area contributed by atoms with Crippen molar-refractivity contribution in [1.82, 2.24) is 0 Å². The maximum atomic E-state index is 13.0. The molecule has 1 aromatic rings. The standard InChI is InChI=1S/C14H18F3N3O/c1-20(9-4-2-3-5-9)10-6-7-12(14(15,16)17)11(8-10)13(18)19-21/h6-9,21H,2-5H2,1H3,(H2,18,19). The molecule has 0 bridgehead atoms. The minimum absolute atomic E-state index is 0.299. The van der Waals surface area contributed by atoms with Crippen molar-refractivity contribution in [2.75, 3.05) is 11.9 Å². The number of amidine groups is 1. The van der Waals surface area contributed by atoms with Crippen molar-refractivity contribution in [3.63, 3.8) is 0 Å². The van der Waals surface area contributed by atoms with Gasteiger partial charge < -0.3 is 15.8 Å². The molecular weight excluding hydrogens is 283 g/mol. The van der Waals surface area contributed by atoms with E-state index in [9.17, 15) is 13.2 Å². The number of halogens is 3. The summed E-state index contributed by atoms with van der Waals surface area (Å²) >= 11 is 0. The minimum atomic E-state index is -4.55. The Morgan fingerprint density at radius 2 is 1.95 bits per heavy atom. The molecule has 0 heterocycles. The number of oxime groups is 1. The van der Waals surface area contributed by atoms with Gasteiger partial charge >= 0.3 is 6.18 Å². The summed E-state index contributed by atoms with van der Waals surface area (Å²) in [4.78, 5) is 1.96. The number of alkyl halides is 3. The van der Waals surface area contributed by atoms with Crippen molar-refractivity contribution in [3.05, 3.63) is 29.3 Å². The second kappa shape index (κ2) is 5.83. The molecule has 4 nitrogen and oxygen atoms in total. The number of benzene rings is 1. The highest BCUT2D eigenvalue weighted by atomic mass is 19.4. The van der Waals surface area contributed by atoms with Gasteiger partial charge in [0.25, 0.3) is 0 Å². The van der Waals surface area contributed by atoms with Gasteiger partial charge in [-0.25, -0.2) is 0 Å². The van der Waals surface area contributed by atoms with Crippen molar-refractivity contribution in [2.45, 2.75) is 37.9 Å². The number of nitrogens with two attached hydrogens (primary N) is 1. The molecule has 2 rings (SSSR count). The summed E-state index contributed by atoms with van der Waals surface area (Å²) in [6.45, 7) is 0. The van der Waals surface area contributed by atoms with Gasteiger partial charge in [0.15, 0.2) is 5.84 Å². The predicted octanol–water partition coefficient (Wildman–Crippen LogP) is 3.18. The van der Waals surface area contributed by atoms with Crippen LogP contribution in [-0.2, 0) is 6.18 Å². The molecule has 0 atom stereocenters. The van der Waals surface area contributed by atoms with E-state index in [-0.39, 0.29) is 5.56 Å². The smallest absolute Gasteiger partial charge is 0.409 e. The van der Waals surface area contributed by atoms with Crippen molar-refractivity contribution < 1.29 is 18.4 Å². The van der Waals surface area contributed by atoms with Gasteiger partial charge in [-0.1, -0.05) is 18.0 Å². The Kier molecular flexibility index (Phi) is 4.29. The Balaban J connectivity index is 2.41. The quantitative estimate of drug-likeness (QED) is 0.390. The molecule has 0 aliphatic heterocycles. The second-order valence-electron chi connectivity index (χ2n) is 5.26. The van der Waals surface area contributed by atoms with Crippen molar-refractivity contribution in [1.29, 1.82) is 0 Å². The van der Waals surface area contributed by atoms with E-state index in [0.29, 0.717) is 11.7 Å². The third kappa shape index (κ3) is 3.22. The highest BCUT2D eigenvalue weighted by Crippen LogP contribution is 2.35. The SMILES string of the molecule is CN(c1ccc(C(F)(F)F)c(/C(N)=N/O)c1)C1CCCC1. The fourth-order valence-corrected chi connectivity index (χ4v) is 2.77. The number of nitrogens with zero attached hydrogens (tertiary/aromatic N) is 2. The van der Waals surface area contributed by atoms with Crippen molar-refractivity contribution in [3.8, 4) is 0 Å². The molecular formula is C14H18F3N3O. The minimum Gasteiger partial charge on any atom is -0.409 e. The van der Waals surface area contributed by atoms with E-state index >= 15 is 0 Å². The van der Waals surface area contributed by atoms with Crippen LogP contribution < -0.4 is 10.6 Å². The van der Waals surface area contributed by atoms with Crippen LogP contribution in [-0.4, -0.2) is 24.1 Å². The molecule has 0 unspecified atom stereocenters. The Bertz CT molecular complexity index is 537. The average Bonchev–Trinajstić information content (AvgIpc) is 2.98. The monoisotopic (exact) mass is 301 g/mol. The lowest BCUT2D eigenvalue weighted by Crippen LogP contribution is -2.29. The van der Waals surface area contributed by atoms with Gasteiger partial charge in [-0.3, -0.25) is 0 Å². The first kappa shape index (κ1) is 15.5. The summed E-state index contributed by atoms with van der Waals surface area (Å²) in [5, 5.41) is 11.4. The molecule has 0 aromatic heterocycles. The Morgan fingerprint density at radius 1 is 1.33 bits per heavy atom. The molecule has 7 heteroatoms. The number of rotatable bonds is 3. The van der Waals surface area contributed by atoms with Crippen LogP contribution in [0.3, 0.4) is 0 Å². The van der Waals surface area contributed by atoms with Gasteiger partial charge in [-0.2, -0.15) is 13.2 Å². The zero-order valence-electron chi connectivity index (χ0n) is 11.7. The van der Waals surface area contributed by atoms with Gasteiger partial charge in [-0.15, -0.1) is 0 Å². The summed E-state index contributed by atoms with van der Waals surface area (Å²) < 4.78 is 38.9. The van der Waals surface area contributed by atoms with Gasteiger partial charge in [0, 0.05) is 24.3 Å². The maximum Gasteiger partial charge on any atom is 0.417 e. The van der Waals surface area contributed by atoms with E-state index in [0.717, 1.165) is 31.7 Å². The fourth-order valence-electron chi connectivity index (χ4n) is 2.77. The Hall–Kier alpha value is -1.92. The summed E-state index contributed by atoms with van der Waals surface area (Å²) in [6.07, 6.45) is -0.243. The number of hydrogen-bond donors (Lipinski definition) is 2. The van der Waals surface area contributed by atoms with E-state index in [1.807, 2.05) is 11.9 Å². The summed E-state index contributed by atoms with van der Waals surface area (Å²) in [7, 11) is 1.86. The van der Waals surface area contributed by atoms with Crippen molar-refractivity contribution >= 4 is 11.5 Å². The normalized spacial score (nSPS) is 17.2. The molecule has 1 saturated carbocycles. The highest BCUT2D eigenvalue weighted by Gasteiger charge is 2.35. The van der Waals surface area contributed by atoms with Crippen LogP contribution in [0.15, 0.2) is 23.4 Å². The molecule has 1 fully saturated rings. The molecule has 1 aromatic carbocycles. The lowest BCUT2D eigenvalue weighted by atomic mass is 10.0. The molecule has 116 valence electrons. The third-order valence-electron chi connectivity index (χ3n) is 3.97. The zero-order chi connectivity index (χ0) is 15.6. The van der Waals surface area contributed by atoms with Gasteiger partial charge in [0.1, 0.15) is 0 Å². The predicted molar refractivity (Wildman–Crippen MR) is 74.6 cm³/mol. The van der Waals surface area contributed by atoms with Crippen LogP contribution >= 0.6 is 0 Å². The molecule has 0 saturated heterocycles. The summed E-state index contributed by atoms with van der Waals surface area (Å²) in [5.74, 6) is -0.538. The first-order chi connectivity index (χ1) is 9.84. The lowest BCUT2D eigenvalue weighted by Gasteiger charge is -2.27. The number of anilines is 1. The molecule has 1 aliphatic carbocycles. The van der Waals surface area contributed by atoms with Crippen LogP contribution in [0, 0.1) is 0 Å². The molecule has 21 heavy (non-hydrogen) atoms. The summed E-state index contributed by atoms with van der Waals surface area (Å²) in [6, 6.07) is 4.06. The first-order valence-corrected chi connectivity index (χ1v) is 6.76. The zero-order valence-corrected chi connectivity index (χ0v) is 11.7. The van der Waals surface area contributed by atoms with Crippen molar-refractivity contribution in [2.24, 2.45) is 10.9 Å². The third-order valence-corrected chi connectivity index (χ3v) is 3.97. The van der Waals surface area contributed by atoms with E-state index in [1.54, 1.807) is 0 Å². The Morgan fingerprint density at radius 3 is 2.48 bits per heavy atom. The molecule has 0 radical (unpaired) electrons. The molecule has 3 N–H and O–H groups in total. The van der Waals surface area contributed by atoms with E-state index in [1.165, 1.54) is 12.1 Å². The van der Waals surface area contributed by atoms with E-state index in [2.05, 4.69) is 5.16 Å². The van der Waals surface area contributed by atoms with Crippen LogP contribution in [0.1, 0.15) is 36.8 Å². The van der Waals surface area contributed by atoms with Gasteiger partial charge in [0.2, 0.25) is 0 Å². The second-order valence-corrected chi connectivity index (χ2v) is 5.26. The number of hydrogen-bond acceptors (Lipinski definition) is 3. The highest BCUT2D eigenvalue weighted by molar-refractivity contribution is 5.99. The van der Waals surface area contributed by atoms with Gasteiger partial charge in [0.05, 0.1) is 5.56 Å². The van der Waals surface area contributed by atoms with Crippen LogP contribution in [0.25, 0.3) is 0 Å². The fraction of sp³-hybridized carbons (Fsp3) is 0.500. The molecule has 0 amide bonds. The topological polar surface area (TPSA) is 61.8 Å². The Labute approximate surface area is 121 Å². The van der Waals surface area contributed by atoms with E-state index < -0.39 is 17.6 Å². The molecule has 1 aliphatic rings. The van der Waals surface area contributed by atoms with Gasteiger partial charge in [-0.05, 0) is 31.0 Å². The summed E-state index contributed by atoms with van der Waals surface area (Å²) in [5.41, 5.74) is 4.83. The van der Waals surface area contributed by atoms with Crippen LogP contribution in [0.2, 0.25) is 0 Å². The average molecular weight is 301 g/mol. The first-order valence-electron chi connectivity index (χ1n) is 6.76. The van der Waals surface area contributed by atoms with Crippen LogP contribution in [0.5, 0.6) is 0 Å². The van der Waals surface area contributed by atoms with Crippen LogP contribution in [0.4, 0.5) is 18.9 Å². The largest absolute Gasteiger partial charge is 0.417 e.